The van der Waals surface area contributed by atoms with Crippen LogP contribution in [-0.2, 0) is 16.1 Å². The van der Waals surface area contributed by atoms with Gasteiger partial charge in [0.05, 0.1) is 18.6 Å². The number of amides is 2. The van der Waals surface area contributed by atoms with Crippen molar-refractivity contribution in [1.82, 2.24) is 9.88 Å². The van der Waals surface area contributed by atoms with Gasteiger partial charge in [0.15, 0.2) is 0 Å². The fraction of sp³-hybridized carbons (Fsp3) is 0.381. The summed E-state index contributed by atoms with van der Waals surface area (Å²) in [5.41, 5.74) is 2.83. The number of rotatable bonds is 6. The Bertz CT molecular complexity index is 937. The fourth-order valence-electron chi connectivity index (χ4n) is 3.29. The Kier molecular flexibility index (Phi) is 5.94. The van der Waals surface area contributed by atoms with E-state index in [0.29, 0.717) is 6.54 Å². The molecule has 1 saturated heterocycles. The number of nitrogens with zero attached hydrogens (tertiary/aromatic N) is 2. The Morgan fingerprint density at radius 1 is 1.21 bits per heavy atom. The minimum Gasteiger partial charge on any atom is -0.389 e. The molecule has 3 rings (SSSR count). The Hall–Kier alpha value is -2.93. The summed E-state index contributed by atoms with van der Waals surface area (Å²) in [6, 6.07) is 10.6. The van der Waals surface area contributed by atoms with Gasteiger partial charge in [0.25, 0.3) is 5.56 Å². The number of nitrogens with one attached hydrogen (secondary N) is 1. The first-order chi connectivity index (χ1) is 13.3. The molecule has 1 aliphatic rings. The van der Waals surface area contributed by atoms with E-state index in [1.54, 1.807) is 23.2 Å². The second kappa shape index (κ2) is 8.39. The predicted molar refractivity (Wildman–Crippen MR) is 106 cm³/mol. The van der Waals surface area contributed by atoms with E-state index < -0.39 is 12.0 Å². The first kappa shape index (κ1) is 19.8. The smallest absolute Gasteiger partial charge is 0.250 e. The van der Waals surface area contributed by atoms with Crippen LogP contribution in [0.3, 0.4) is 0 Å². The van der Waals surface area contributed by atoms with Crippen LogP contribution in [0.5, 0.6) is 0 Å². The largest absolute Gasteiger partial charge is 0.389 e. The van der Waals surface area contributed by atoms with Crippen molar-refractivity contribution < 1.29 is 14.7 Å². The van der Waals surface area contributed by atoms with Gasteiger partial charge in [-0.15, -0.1) is 0 Å². The van der Waals surface area contributed by atoms with Crippen LogP contribution in [0.25, 0.3) is 0 Å². The molecular weight excluding hydrogens is 358 g/mol. The third-order valence-electron chi connectivity index (χ3n) is 5.12. The standard InChI is InChI=1S/C21H25N3O4/c1-14-6-7-17(9-15(14)2)24-12-16(10-20(24)27)21(28)22-11-18(25)13-23-8-4-3-5-19(23)26/h3-9,16,18,25H,10-13H2,1-2H3,(H,22,28). The van der Waals surface area contributed by atoms with E-state index in [2.05, 4.69) is 5.32 Å². The molecule has 2 N–H and O–H groups in total. The highest BCUT2D eigenvalue weighted by atomic mass is 16.3. The predicted octanol–water partition coefficient (Wildman–Crippen LogP) is 0.995. The summed E-state index contributed by atoms with van der Waals surface area (Å²) < 4.78 is 1.39. The lowest BCUT2D eigenvalue weighted by Crippen LogP contribution is -2.39. The van der Waals surface area contributed by atoms with Crippen LogP contribution in [0.4, 0.5) is 5.69 Å². The maximum absolute atomic E-state index is 12.4. The normalized spacial score (nSPS) is 17.6. The van der Waals surface area contributed by atoms with Crippen LogP contribution in [0.1, 0.15) is 17.5 Å². The molecule has 0 radical (unpaired) electrons. The molecule has 2 aromatic rings. The van der Waals surface area contributed by atoms with E-state index in [9.17, 15) is 19.5 Å². The van der Waals surface area contributed by atoms with Gasteiger partial charge in [-0.05, 0) is 43.2 Å². The van der Waals surface area contributed by atoms with Crippen molar-refractivity contribution in [3.63, 3.8) is 0 Å². The monoisotopic (exact) mass is 383 g/mol. The lowest BCUT2D eigenvalue weighted by atomic mass is 10.1. The molecule has 1 aromatic carbocycles. The Balaban J connectivity index is 1.55. The van der Waals surface area contributed by atoms with Gasteiger partial charge in [-0.1, -0.05) is 12.1 Å². The highest BCUT2D eigenvalue weighted by molar-refractivity contribution is 6.00. The summed E-state index contributed by atoms with van der Waals surface area (Å²) in [4.78, 5) is 38.1. The van der Waals surface area contributed by atoms with Gasteiger partial charge in [0.1, 0.15) is 0 Å². The zero-order valence-corrected chi connectivity index (χ0v) is 16.1. The van der Waals surface area contributed by atoms with Crippen molar-refractivity contribution in [3.05, 3.63) is 64.1 Å². The van der Waals surface area contributed by atoms with Crippen molar-refractivity contribution >= 4 is 17.5 Å². The van der Waals surface area contributed by atoms with Crippen LogP contribution in [0, 0.1) is 19.8 Å². The number of pyridine rings is 1. The van der Waals surface area contributed by atoms with Crippen LogP contribution >= 0.6 is 0 Å². The second-order valence-corrected chi connectivity index (χ2v) is 7.26. The number of hydrogen-bond donors (Lipinski definition) is 2. The quantitative estimate of drug-likeness (QED) is 0.778. The van der Waals surface area contributed by atoms with Crippen LogP contribution in [0.15, 0.2) is 47.4 Å². The van der Waals surface area contributed by atoms with E-state index in [1.807, 2.05) is 32.0 Å². The molecule has 0 saturated carbocycles. The van der Waals surface area contributed by atoms with Crippen molar-refractivity contribution in [3.8, 4) is 0 Å². The molecule has 1 aliphatic heterocycles. The fourth-order valence-corrected chi connectivity index (χ4v) is 3.29. The van der Waals surface area contributed by atoms with Crippen molar-refractivity contribution in [2.24, 2.45) is 5.92 Å². The van der Waals surface area contributed by atoms with Crippen LogP contribution in [-0.4, -0.2) is 40.7 Å². The molecule has 0 bridgehead atoms. The highest BCUT2D eigenvalue weighted by Crippen LogP contribution is 2.26. The molecule has 0 aliphatic carbocycles. The van der Waals surface area contributed by atoms with Gasteiger partial charge >= 0.3 is 0 Å². The first-order valence-corrected chi connectivity index (χ1v) is 9.34. The van der Waals surface area contributed by atoms with Crippen molar-refractivity contribution in [2.75, 3.05) is 18.0 Å². The zero-order chi connectivity index (χ0) is 20.3. The molecule has 2 amide bonds. The number of aryl methyl sites for hydroxylation is 2. The summed E-state index contributed by atoms with van der Waals surface area (Å²) >= 11 is 0. The Morgan fingerprint density at radius 2 is 2.00 bits per heavy atom. The van der Waals surface area contributed by atoms with Gasteiger partial charge in [-0.3, -0.25) is 14.4 Å². The molecule has 7 heteroatoms. The number of benzene rings is 1. The number of carbonyl (C=O) groups excluding carboxylic acids is 2. The van der Waals surface area contributed by atoms with Gasteiger partial charge < -0.3 is 19.9 Å². The molecule has 148 valence electrons. The molecule has 28 heavy (non-hydrogen) atoms. The first-order valence-electron chi connectivity index (χ1n) is 9.34. The van der Waals surface area contributed by atoms with E-state index in [-0.39, 0.29) is 36.9 Å². The van der Waals surface area contributed by atoms with Gasteiger partial charge in [0, 0.05) is 37.5 Å². The molecule has 2 heterocycles. The average Bonchev–Trinajstić information content (AvgIpc) is 3.06. The van der Waals surface area contributed by atoms with E-state index in [0.717, 1.165) is 16.8 Å². The van der Waals surface area contributed by atoms with Gasteiger partial charge in [-0.25, -0.2) is 0 Å². The number of carbonyl (C=O) groups is 2. The Labute approximate surface area is 163 Å². The summed E-state index contributed by atoms with van der Waals surface area (Å²) in [6.07, 6.45) is 0.842. The zero-order valence-electron chi connectivity index (χ0n) is 16.1. The third-order valence-corrected chi connectivity index (χ3v) is 5.12. The number of anilines is 1. The topological polar surface area (TPSA) is 91.6 Å². The molecule has 1 fully saturated rings. The van der Waals surface area contributed by atoms with Crippen molar-refractivity contribution in [2.45, 2.75) is 32.9 Å². The second-order valence-electron chi connectivity index (χ2n) is 7.26. The molecule has 2 unspecified atom stereocenters. The number of aliphatic hydroxyl groups is 1. The number of aliphatic hydroxyl groups excluding tert-OH is 1. The summed E-state index contributed by atoms with van der Waals surface area (Å²) in [5.74, 6) is -0.806. The molecule has 0 spiro atoms. The maximum Gasteiger partial charge on any atom is 0.250 e. The molecule has 1 aromatic heterocycles. The minimum absolute atomic E-state index is 0.0223. The van der Waals surface area contributed by atoms with E-state index >= 15 is 0 Å². The van der Waals surface area contributed by atoms with Gasteiger partial charge in [0.2, 0.25) is 11.8 Å². The summed E-state index contributed by atoms with van der Waals surface area (Å²) in [7, 11) is 0. The summed E-state index contributed by atoms with van der Waals surface area (Å²) in [5, 5.41) is 12.8. The molecular formula is C21H25N3O4. The van der Waals surface area contributed by atoms with E-state index in [1.165, 1.54) is 10.6 Å². The Morgan fingerprint density at radius 3 is 2.71 bits per heavy atom. The maximum atomic E-state index is 12.4. The lowest BCUT2D eigenvalue weighted by molar-refractivity contribution is -0.126. The van der Waals surface area contributed by atoms with Gasteiger partial charge in [-0.2, -0.15) is 0 Å². The lowest BCUT2D eigenvalue weighted by Gasteiger charge is -2.18. The summed E-state index contributed by atoms with van der Waals surface area (Å²) in [6.45, 7) is 4.44. The van der Waals surface area contributed by atoms with E-state index in [4.69, 9.17) is 0 Å². The SMILES string of the molecule is Cc1ccc(N2CC(C(=O)NCC(O)Cn3ccccc3=O)CC2=O)cc1C. The number of aromatic nitrogens is 1. The minimum atomic E-state index is -0.892. The highest BCUT2D eigenvalue weighted by Gasteiger charge is 2.35. The molecule has 2 atom stereocenters. The van der Waals surface area contributed by atoms with Crippen LogP contribution in [0.2, 0.25) is 0 Å². The average molecular weight is 383 g/mol. The number of hydrogen-bond acceptors (Lipinski definition) is 4. The third kappa shape index (κ3) is 4.48. The molecule has 7 nitrogen and oxygen atoms in total. The van der Waals surface area contributed by atoms with Crippen molar-refractivity contribution in [1.29, 1.82) is 0 Å². The van der Waals surface area contributed by atoms with Crippen LogP contribution < -0.4 is 15.8 Å².